The SMILES string of the molecule is CCCc1ccc(Nc2cc(N)cc(F)c2)cc1. The summed E-state index contributed by atoms with van der Waals surface area (Å²) in [4.78, 5) is 0. The van der Waals surface area contributed by atoms with Crippen molar-refractivity contribution in [2.45, 2.75) is 19.8 Å². The Hall–Kier alpha value is -2.03. The number of nitrogens with two attached hydrogens (primary N) is 1. The third kappa shape index (κ3) is 3.23. The second-order valence-electron chi connectivity index (χ2n) is 4.35. The minimum absolute atomic E-state index is 0.333. The lowest BCUT2D eigenvalue weighted by Crippen LogP contribution is -1.94. The highest BCUT2D eigenvalue weighted by molar-refractivity contribution is 5.63. The summed E-state index contributed by atoms with van der Waals surface area (Å²) in [6.07, 6.45) is 2.21. The standard InChI is InChI=1S/C15H17FN2/c1-2-3-11-4-6-14(7-5-11)18-15-9-12(16)8-13(17)10-15/h4-10,18H,2-3,17H2,1H3. The van der Waals surface area contributed by atoms with E-state index in [0.29, 0.717) is 11.4 Å². The van der Waals surface area contributed by atoms with Gasteiger partial charge in [0.2, 0.25) is 0 Å². The number of benzene rings is 2. The Bertz CT molecular complexity index is 500. The van der Waals surface area contributed by atoms with Crippen LogP contribution in [0.3, 0.4) is 0 Å². The Labute approximate surface area is 107 Å². The highest BCUT2D eigenvalue weighted by Gasteiger charge is 1.99. The zero-order valence-corrected chi connectivity index (χ0v) is 10.4. The zero-order chi connectivity index (χ0) is 13.0. The molecule has 2 aromatic rings. The van der Waals surface area contributed by atoms with Crippen molar-refractivity contribution in [3.63, 3.8) is 0 Å². The van der Waals surface area contributed by atoms with Crippen molar-refractivity contribution in [2.75, 3.05) is 11.1 Å². The predicted molar refractivity (Wildman–Crippen MR) is 74.5 cm³/mol. The largest absolute Gasteiger partial charge is 0.399 e. The smallest absolute Gasteiger partial charge is 0.127 e. The van der Waals surface area contributed by atoms with E-state index in [1.54, 1.807) is 6.07 Å². The van der Waals surface area contributed by atoms with Crippen LogP contribution in [-0.2, 0) is 6.42 Å². The van der Waals surface area contributed by atoms with Crippen LogP contribution in [0.5, 0.6) is 0 Å². The van der Waals surface area contributed by atoms with Gasteiger partial charge in [-0.1, -0.05) is 25.5 Å². The fourth-order valence-corrected chi connectivity index (χ4v) is 1.89. The molecular weight excluding hydrogens is 227 g/mol. The Morgan fingerprint density at radius 1 is 1.06 bits per heavy atom. The number of anilines is 3. The number of aryl methyl sites for hydroxylation is 1. The molecule has 0 radical (unpaired) electrons. The minimum Gasteiger partial charge on any atom is -0.399 e. The maximum Gasteiger partial charge on any atom is 0.127 e. The van der Waals surface area contributed by atoms with Gasteiger partial charge in [0.25, 0.3) is 0 Å². The Morgan fingerprint density at radius 3 is 2.39 bits per heavy atom. The van der Waals surface area contributed by atoms with E-state index in [-0.39, 0.29) is 5.82 Å². The van der Waals surface area contributed by atoms with Crippen LogP contribution in [0.2, 0.25) is 0 Å². The van der Waals surface area contributed by atoms with Crippen molar-refractivity contribution in [1.82, 2.24) is 0 Å². The Morgan fingerprint density at radius 2 is 1.78 bits per heavy atom. The van der Waals surface area contributed by atoms with Crippen LogP contribution in [0, 0.1) is 5.82 Å². The number of hydrogen-bond acceptors (Lipinski definition) is 2. The fraction of sp³-hybridized carbons (Fsp3) is 0.200. The van der Waals surface area contributed by atoms with Gasteiger partial charge >= 0.3 is 0 Å². The highest BCUT2D eigenvalue weighted by atomic mass is 19.1. The monoisotopic (exact) mass is 244 g/mol. The lowest BCUT2D eigenvalue weighted by Gasteiger charge is -2.08. The molecule has 3 N–H and O–H groups in total. The van der Waals surface area contributed by atoms with E-state index in [9.17, 15) is 4.39 Å². The molecule has 2 aromatic carbocycles. The number of halogens is 1. The first-order chi connectivity index (χ1) is 8.67. The van der Waals surface area contributed by atoms with Gasteiger partial charge in [0.05, 0.1) is 0 Å². The molecule has 0 spiro atoms. The van der Waals surface area contributed by atoms with Gasteiger partial charge in [-0.05, 0) is 42.3 Å². The molecule has 2 nitrogen and oxygen atoms in total. The van der Waals surface area contributed by atoms with Gasteiger partial charge in [-0.3, -0.25) is 0 Å². The molecule has 0 aliphatic heterocycles. The molecule has 0 aliphatic rings. The van der Waals surface area contributed by atoms with E-state index in [2.05, 4.69) is 24.4 Å². The van der Waals surface area contributed by atoms with Gasteiger partial charge in [0.15, 0.2) is 0 Å². The number of hydrogen-bond donors (Lipinski definition) is 2. The summed E-state index contributed by atoms with van der Waals surface area (Å²) in [6.45, 7) is 2.15. The van der Waals surface area contributed by atoms with E-state index in [1.165, 1.54) is 17.7 Å². The molecule has 0 saturated heterocycles. The average molecular weight is 244 g/mol. The Kier molecular flexibility index (Phi) is 3.82. The molecule has 0 aromatic heterocycles. The van der Waals surface area contributed by atoms with E-state index in [0.717, 1.165) is 18.5 Å². The highest BCUT2D eigenvalue weighted by Crippen LogP contribution is 2.21. The summed E-state index contributed by atoms with van der Waals surface area (Å²) in [6, 6.07) is 12.6. The van der Waals surface area contributed by atoms with Crippen LogP contribution in [0.1, 0.15) is 18.9 Å². The molecule has 0 fully saturated rings. The van der Waals surface area contributed by atoms with Crippen molar-refractivity contribution in [1.29, 1.82) is 0 Å². The molecule has 3 heteroatoms. The van der Waals surface area contributed by atoms with Gasteiger partial charge in [-0.2, -0.15) is 0 Å². The van der Waals surface area contributed by atoms with Crippen LogP contribution in [-0.4, -0.2) is 0 Å². The van der Waals surface area contributed by atoms with Crippen molar-refractivity contribution in [2.24, 2.45) is 0 Å². The van der Waals surface area contributed by atoms with E-state index >= 15 is 0 Å². The summed E-state index contributed by atoms with van der Waals surface area (Å²) in [7, 11) is 0. The molecule has 0 heterocycles. The molecular formula is C15H17FN2. The second kappa shape index (κ2) is 5.54. The minimum atomic E-state index is -0.333. The quantitative estimate of drug-likeness (QED) is 0.794. The van der Waals surface area contributed by atoms with Crippen LogP contribution in [0.25, 0.3) is 0 Å². The first-order valence-electron chi connectivity index (χ1n) is 6.09. The number of nitrogens with one attached hydrogen (secondary N) is 1. The predicted octanol–water partition coefficient (Wildman–Crippen LogP) is 4.10. The summed E-state index contributed by atoms with van der Waals surface area (Å²) < 4.78 is 13.2. The fourth-order valence-electron chi connectivity index (χ4n) is 1.89. The molecule has 0 aliphatic carbocycles. The zero-order valence-electron chi connectivity index (χ0n) is 10.4. The van der Waals surface area contributed by atoms with Crippen LogP contribution >= 0.6 is 0 Å². The van der Waals surface area contributed by atoms with Crippen LogP contribution < -0.4 is 11.1 Å². The van der Waals surface area contributed by atoms with E-state index in [4.69, 9.17) is 5.73 Å². The maximum absolute atomic E-state index is 13.2. The lowest BCUT2D eigenvalue weighted by atomic mass is 10.1. The average Bonchev–Trinajstić information content (AvgIpc) is 2.31. The molecule has 0 unspecified atom stereocenters. The summed E-state index contributed by atoms with van der Waals surface area (Å²) >= 11 is 0. The van der Waals surface area contributed by atoms with Crippen molar-refractivity contribution >= 4 is 17.1 Å². The summed E-state index contributed by atoms with van der Waals surface area (Å²) in [5.74, 6) is -0.333. The second-order valence-corrected chi connectivity index (χ2v) is 4.35. The topological polar surface area (TPSA) is 38.0 Å². The van der Waals surface area contributed by atoms with E-state index < -0.39 is 0 Å². The molecule has 0 atom stereocenters. The van der Waals surface area contributed by atoms with Crippen LogP contribution in [0.4, 0.5) is 21.5 Å². The summed E-state index contributed by atoms with van der Waals surface area (Å²) in [5, 5.41) is 3.13. The number of rotatable bonds is 4. The van der Waals surface area contributed by atoms with Crippen molar-refractivity contribution in [3.05, 3.63) is 53.8 Å². The van der Waals surface area contributed by atoms with Gasteiger partial charge in [0, 0.05) is 17.1 Å². The van der Waals surface area contributed by atoms with Gasteiger partial charge < -0.3 is 11.1 Å². The molecule has 18 heavy (non-hydrogen) atoms. The molecule has 2 rings (SSSR count). The normalized spacial score (nSPS) is 10.3. The van der Waals surface area contributed by atoms with Gasteiger partial charge in [-0.15, -0.1) is 0 Å². The number of nitrogen functional groups attached to an aromatic ring is 1. The molecule has 0 bridgehead atoms. The summed E-state index contributed by atoms with van der Waals surface area (Å²) in [5.41, 5.74) is 8.91. The van der Waals surface area contributed by atoms with Gasteiger partial charge in [-0.25, -0.2) is 4.39 Å². The molecule has 0 amide bonds. The van der Waals surface area contributed by atoms with E-state index in [1.807, 2.05) is 12.1 Å². The molecule has 94 valence electrons. The van der Waals surface area contributed by atoms with Crippen LogP contribution in [0.15, 0.2) is 42.5 Å². The van der Waals surface area contributed by atoms with Crippen molar-refractivity contribution < 1.29 is 4.39 Å². The first kappa shape index (κ1) is 12.4. The third-order valence-corrected chi connectivity index (χ3v) is 2.70. The molecule has 0 saturated carbocycles. The van der Waals surface area contributed by atoms with Crippen molar-refractivity contribution in [3.8, 4) is 0 Å². The first-order valence-corrected chi connectivity index (χ1v) is 6.09. The third-order valence-electron chi connectivity index (χ3n) is 2.70. The van der Waals surface area contributed by atoms with Gasteiger partial charge in [0.1, 0.15) is 5.82 Å². The Balaban J connectivity index is 2.13. The maximum atomic E-state index is 13.2. The lowest BCUT2D eigenvalue weighted by molar-refractivity contribution is 0.629.